The average Bonchev–Trinajstić information content (AvgIpc) is 2.74. The molecule has 0 saturated heterocycles. The van der Waals surface area contributed by atoms with Crippen molar-refractivity contribution in [1.82, 2.24) is 15.3 Å². The van der Waals surface area contributed by atoms with Crippen molar-refractivity contribution in [2.45, 2.75) is 63.5 Å². The van der Waals surface area contributed by atoms with Crippen LogP contribution < -0.4 is 20.9 Å². The summed E-state index contributed by atoms with van der Waals surface area (Å²) in [7, 11) is 4.14. The van der Waals surface area contributed by atoms with Crippen molar-refractivity contribution in [2.24, 2.45) is 0 Å². The molecule has 0 radical (unpaired) electrons. The topological polar surface area (TPSA) is 65.1 Å². The van der Waals surface area contributed by atoms with E-state index in [1.54, 1.807) is 0 Å². The van der Waals surface area contributed by atoms with E-state index in [1.165, 1.54) is 24.1 Å². The lowest BCUT2D eigenvalue weighted by atomic mass is 9.91. The van der Waals surface area contributed by atoms with Crippen molar-refractivity contribution < 1.29 is 0 Å². The van der Waals surface area contributed by atoms with Crippen LogP contribution in [-0.2, 0) is 12.8 Å². The summed E-state index contributed by atoms with van der Waals surface area (Å²) in [4.78, 5) is 11.8. The maximum atomic E-state index is 5.51. The lowest BCUT2D eigenvalue weighted by Gasteiger charge is -2.31. The molecule has 6 nitrogen and oxygen atoms in total. The molecule has 31 heavy (non-hydrogen) atoms. The number of nitrogens with one attached hydrogen (secondary N) is 3. The molecular weight excluding hydrogens is 472 g/mol. The molecule has 0 bridgehead atoms. The summed E-state index contributed by atoms with van der Waals surface area (Å²) in [6.07, 6.45) is 8.91. The first-order valence-corrected chi connectivity index (χ1v) is 12.3. The molecule has 1 heterocycles. The van der Waals surface area contributed by atoms with E-state index in [4.69, 9.17) is 22.2 Å². The maximum absolute atomic E-state index is 5.51. The fourth-order valence-corrected chi connectivity index (χ4v) is 5.18. The zero-order chi connectivity index (χ0) is 21.8. The Bertz CT molecular complexity index is 926. The summed E-state index contributed by atoms with van der Waals surface area (Å²) < 4.78 is 1.04. The molecule has 1 fully saturated rings. The summed E-state index contributed by atoms with van der Waals surface area (Å²) in [6.45, 7) is 0. The van der Waals surface area contributed by atoms with Crippen LogP contribution >= 0.6 is 28.1 Å². The van der Waals surface area contributed by atoms with E-state index in [-0.39, 0.29) is 0 Å². The molecule has 0 spiro atoms. The Morgan fingerprint density at radius 3 is 2.55 bits per heavy atom. The molecule has 4 rings (SSSR count). The monoisotopic (exact) mass is 502 g/mol. The number of nitrogens with zero attached hydrogens (tertiary/aromatic N) is 3. The van der Waals surface area contributed by atoms with Gasteiger partial charge in [-0.25, -0.2) is 4.98 Å². The number of hydrogen-bond acceptors (Lipinski definition) is 5. The Kier molecular flexibility index (Phi) is 7.27. The highest BCUT2D eigenvalue weighted by molar-refractivity contribution is 9.10. The van der Waals surface area contributed by atoms with Crippen molar-refractivity contribution in [1.29, 1.82) is 0 Å². The van der Waals surface area contributed by atoms with Crippen LogP contribution in [0.2, 0.25) is 0 Å². The largest absolute Gasteiger partial charge is 0.362 e. The molecule has 2 aromatic rings. The molecule has 0 amide bonds. The highest BCUT2D eigenvalue weighted by Crippen LogP contribution is 2.29. The van der Waals surface area contributed by atoms with Crippen molar-refractivity contribution in [3.8, 4) is 0 Å². The van der Waals surface area contributed by atoms with Gasteiger partial charge in [-0.15, -0.1) is 0 Å². The van der Waals surface area contributed by atoms with E-state index in [1.807, 2.05) is 24.3 Å². The Morgan fingerprint density at radius 1 is 1.06 bits per heavy atom. The first-order valence-electron chi connectivity index (χ1n) is 11.1. The van der Waals surface area contributed by atoms with Gasteiger partial charge in [-0.2, -0.15) is 4.98 Å². The van der Waals surface area contributed by atoms with Gasteiger partial charge in [-0.1, -0.05) is 22.0 Å². The van der Waals surface area contributed by atoms with Gasteiger partial charge < -0.3 is 20.9 Å². The third kappa shape index (κ3) is 5.86. The smallest absolute Gasteiger partial charge is 0.225 e. The SMILES string of the molecule is CN(C)c1nc(NC2CCC(NC(=S)Nc3cccc(Br)c3)CC2)nc2c1CCCC2. The summed E-state index contributed by atoms with van der Waals surface area (Å²) in [5.74, 6) is 1.86. The molecule has 1 saturated carbocycles. The lowest BCUT2D eigenvalue weighted by molar-refractivity contribution is 0.387. The Balaban J connectivity index is 1.30. The van der Waals surface area contributed by atoms with Crippen LogP contribution in [0.15, 0.2) is 28.7 Å². The van der Waals surface area contributed by atoms with Gasteiger partial charge in [0.05, 0.1) is 5.69 Å². The minimum absolute atomic E-state index is 0.395. The Labute approximate surface area is 198 Å². The quantitative estimate of drug-likeness (QED) is 0.502. The zero-order valence-corrected chi connectivity index (χ0v) is 20.7. The number of rotatable bonds is 5. The van der Waals surface area contributed by atoms with E-state index in [9.17, 15) is 0 Å². The van der Waals surface area contributed by atoms with Gasteiger partial charge in [0.25, 0.3) is 0 Å². The minimum atomic E-state index is 0.395. The fraction of sp³-hybridized carbons (Fsp3) is 0.522. The fourth-order valence-electron chi connectivity index (χ4n) is 4.49. The highest BCUT2D eigenvalue weighted by Gasteiger charge is 2.24. The molecule has 166 valence electrons. The van der Waals surface area contributed by atoms with Gasteiger partial charge >= 0.3 is 0 Å². The van der Waals surface area contributed by atoms with Crippen LogP contribution in [0.5, 0.6) is 0 Å². The molecule has 2 aliphatic rings. The number of aryl methyl sites for hydroxylation is 1. The Hall–Kier alpha value is -1.93. The lowest BCUT2D eigenvalue weighted by Crippen LogP contribution is -2.42. The first kappa shape index (κ1) is 22.3. The second-order valence-electron chi connectivity index (χ2n) is 8.70. The van der Waals surface area contributed by atoms with E-state index >= 15 is 0 Å². The molecule has 2 aliphatic carbocycles. The summed E-state index contributed by atoms with van der Waals surface area (Å²) in [6, 6.07) is 8.84. The van der Waals surface area contributed by atoms with Crippen molar-refractivity contribution in [2.75, 3.05) is 29.6 Å². The van der Waals surface area contributed by atoms with E-state index < -0.39 is 0 Å². The summed E-state index contributed by atoms with van der Waals surface area (Å²) in [5.41, 5.74) is 3.55. The van der Waals surface area contributed by atoms with Gasteiger partial charge in [-0.05, 0) is 81.8 Å². The van der Waals surface area contributed by atoms with Gasteiger partial charge in [-0.3, -0.25) is 0 Å². The van der Waals surface area contributed by atoms with Gasteiger partial charge in [0, 0.05) is 41.9 Å². The third-order valence-corrected chi connectivity index (χ3v) is 6.78. The molecular formula is C23H31BrN6S. The predicted molar refractivity (Wildman–Crippen MR) is 136 cm³/mol. The number of fused-ring (bicyclic) bond motifs is 1. The van der Waals surface area contributed by atoms with Gasteiger partial charge in [0.1, 0.15) is 5.82 Å². The number of hydrogen-bond donors (Lipinski definition) is 3. The maximum Gasteiger partial charge on any atom is 0.225 e. The summed E-state index contributed by atoms with van der Waals surface area (Å²) in [5, 5.41) is 11.1. The number of anilines is 3. The Morgan fingerprint density at radius 2 is 1.81 bits per heavy atom. The van der Waals surface area contributed by atoms with Crippen molar-refractivity contribution in [3.63, 3.8) is 0 Å². The first-order chi connectivity index (χ1) is 15.0. The molecule has 1 aromatic heterocycles. The van der Waals surface area contributed by atoms with E-state index in [0.717, 1.165) is 60.5 Å². The van der Waals surface area contributed by atoms with Gasteiger partial charge in [0.15, 0.2) is 5.11 Å². The van der Waals surface area contributed by atoms with Crippen LogP contribution in [0.3, 0.4) is 0 Å². The third-order valence-electron chi connectivity index (χ3n) is 6.06. The van der Waals surface area contributed by atoms with Crippen LogP contribution in [-0.4, -0.2) is 41.3 Å². The van der Waals surface area contributed by atoms with E-state index in [2.05, 4.69) is 50.9 Å². The normalized spacial score (nSPS) is 20.5. The second kappa shape index (κ2) is 10.1. The van der Waals surface area contributed by atoms with Crippen molar-refractivity contribution >= 4 is 50.7 Å². The van der Waals surface area contributed by atoms with Crippen LogP contribution in [0.25, 0.3) is 0 Å². The van der Waals surface area contributed by atoms with E-state index in [0.29, 0.717) is 17.2 Å². The van der Waals surface area contributed by atoms with Crippen LogP contribution in [0, 0.1) is 0 Å². The minimum Gasteiger partial charge on any atom is -0.362 e. The van der Waals surface area contributed by atoms with Crippen molar-refractivity contribution in [3.05, 3.63) is 40.0 Å². The average molecular weight is 504 g/mol. The summed E-state index contributed by atoms with van der Waals surface area (Å²) >= 11 is 9.01. The molecule has 0 aliphatic heterocycles. The number of halogens is 1. The number of benzene rings is 1. The molecule has 0 unspecified atom stereocenters. The number of aromatic nitrogens is 2. The molecule has 0 atom stereocenters. The second-order valence-corrected chi connectivity index (χ2v) is 10.0. The molecule has 1 aromatic carbocycles. The molecule has 3 N–H and O–H groups in total. The molecule has 8 heteroatoms. The van der Waals surface area contributed by atoms with Crippen LogP contribution in [0.4, 0.5) is 17.5 Å². The number of thiocarbonyl (C=S) groups is 1. The van der Waals surface area contributed by atoms with Crippen LogP contribution in [0.1, 0.15) is 49.8 Å². The zero-order valence-electron chi connectivity index (χ0n) is 18.2. The predicted octanol–water partition coefficient (Wildman–Crippen LogP) is 4.89. The van der Waals surface area contributed by atoms with Gasteiger partial charge in [0.2, 0.25) is 5.95 Å². The standard InChI is InChI=1S/C23H31BrN6S/c1-30(2)21-19-8-3-4-9-20(19)28-22(29-21)25-16-10-12-17(13-11-16)26-23(31)27-18-7-5-6-15(24)14-18/h5-7,14,16-17H,3-4,8-13H2,1-2H3,(H,25,28,29)(H2,26,27,31). The highest BCUT2D eigenvalue weighted by atomic mass is 79.9.